The van der Waals surface area contributed by atoms with Crippen LogP contribution in [0.2, 0.25) is 5.02 Å². The minimum atomic E-state index is -0.183. The van der Waals surface area contributed by atoms with E-state index in [2.05, 4.69) is 0 Å². The molecule has 1 aromatic carbocycles. The molecular weight excluding hydrogens is 313 g/mol. The Balaban J connectivity index is 1.46. The molecule has 0 spiro atoms. The summed E-state index contributed by atoms with van der Waals surface area (Å²) in [5.41, 5.74) is 7.01. The number of halogens is 2. The topological polar surface area (TPSA) is 35.2 Å². The van der Waals surface area contributed by atoms with E-state index in [9.17, 15) is 4.39 Å². The van der Waals surface area contributed by atoms with Crippen LogP contribution in [0, 0.1) is 11.7 Å². The smallest absolute Gasteiger partial charge is 0.123 e. The van der Waals surface area contributed by atoms with E-state index in [1.54, 1.807) is 12.1 Å². The second kappa shape index (κ2) is 7.96. The molecule has 23 heavy (non-hydrogen) atoms. The van der Waals surface area contributed by atoms with Crippen LogP contribution in [-0.4, -0.2) is 18.8 Å². The molecule has 0 bridgehead atoms. The van der Waals surface area contributed by atoms with Gasteiger partial charge in [0.1, 0.15) is 5.82 Å². The third-order valence-electron chi connectivity index (χ3n) is 5.55. The fourth-order valence-electron chi connectivity index (χ4n) is 4.12. The Bertz CT molecular complexity index is 516. The van der Waals surface area contributed by atoms with E-state index in [1.807, 2.05) is 0 Å². The number of nitrogens with two attached hydrogens (primary N) is 1. The Hall–Kier alpha value is -0.640. The summed E-state index contributed by atoms with van der Waals surface area (Å²) in [6, 6.07) is 5.05. The molecule has 3 rings (SSSR count). The third-order valence-corrected chi connectivity index (χ3v) is 5.89. The molecule has 0 amide bonds. The Morgan fingerprint density at radius 2 is 1.91 bits per heavy atom. The molecule has 1 aliphatic heterocycles. The summed E-state index contributed by atoms with van der Waals surface area (Å²) >= 11 is 6.25. The average molecular weight is 340 g/mol. The minimum absolute atomic E-state index is 0.183. The molecule has 2 unspecified atom stereocenters. The average Bonchev–Trinajstić information content (AvgIpc) is 2.56. The largest absolute Gasteiger partial charge is 0.378 e. The lowest BCUT2D eigenvalue weighted by molar-refractivity contribution is -0.00108. The van der Waals surface area contributed by atoms with Crippen molar-refractivity contribution in [1.82, 2.24) is 0 Å². The SMILES string of the molecule is NC1CCOC(CCC2CCC(c3cc(F)ccc3Cl)CC2)C1. The fraction of sp³-hybridized carbons (Fsp3) is 0.684. The highest BCUT2D eigenvalue weighted by molar-refractivity contribution is 6.31. The highest BCUT2D eigenvalue weighted by Crippen LogP contribution is 2.40. The zero-order chi connectivity index (χ0) is 16.2. The highest BCUT2D eigenvalue weighted by Gasteiger charge is 2.26. The number of rotatable bonds is 4. The van der Waals surface area contributed by atoms with Gasteiger partial charge in [0.05, 0.1) is 6.10 Å². The number of hydrogen-bond donors (Lipinski definition) is 1. The number of benzene rings is 1. The van der Waals surface area contributed by atoms with Crippen molar-refractivity contribution in [2.75, 3.05) is 6.61 Å². The van der Waals surface area contributed by atoms with Crippen molar-refractivity contribution in [3.05, 3.63) is 34.6 Å². The number of ether oxygens (including phenoxy) is 1. The van der Waals surface area contributed by atoms with E-state index in [-0.39, 0.29) is 5.82 Å². The molecule has 0 aromatic heterocycles. The molecular formula is C19H27ClFNO. The first-order chi connectivity index (χ1) is 11.1. The molecule has 1 saturated heterocycles. The molecule has 4 heteroatoms. The molecule has 0 radical (unpaired) electrons. The minimum Gasteiger partial charge on any atom is -0.378 e. The van der Waals surface area contributed by atoms with E-state index < -0.39 is 0 Å². The quantitative estimate of drug-likeness (QED) is 0.834. The van der Waals surface area contributed by atoms with Crippen LogP contribution in [-0.2, 0) is 4.74 Å². The van der Waals surface area contributed by atoms with Gasteiger partial charge >= 0.3 is 0 Å². The molecule has 1 aliphatic carbocycles. The first kappa shape index (κ1) is 17.2. The summed E-state index contributed by atoms with van der Waals surface area (Å²) < 4.78 is 19.3. The zero-order valence-corrected chi connectivity index (χ0v) is 14.4. The van der Waals surface area contributed by atoms with Gasteiger partial charge in [0, 0.05) is 17.7 Å². The van der Waals surface area contributed by atoms with Gasteiger partial charge in [-0.3, -0.25) is 0 Å². The van der Waals surface area contributed by atoms with Crippen molar-refractivity contribution in [3.8, 4) is 0 Å². The van der Waals surface area contributed by atoms with Crippen molar-refractivity contribution in [1.29, 1.82) is 0 Å². The second-order valence-corrected chi connectivity index (χ2v) is 7.65. The van der Waals surface area contributed by atoms with Gasteiger partial charge in [0.15, 0.2) is 0 Å². The van der Waals surface area contributed by atoms with Crippen molar-refractivity contribution in [3.63, 3.8) is 0 Å². The van der Waals surface area contributed by atoms with Crippen LogP contribution < -0.4 is 5.73 Å². The third kappa shape index (κ3) is 4.68. The predicted octanol–water partition coefficient (Wildman–Crippen LogP) is 5.04. The van der Waals surface area contributed by atoms with Crippen LogP contribution in [0.4, 0.5) is 4.39 Å². The Kier molecular flexibility index (Phi) is 5.95. The summed E-state index contributed by atoms with van der Waals surface area (Å²) in [6.45, 7) is 0.816. The Morgan fingerprint density at radius 1 is 1.13 bits per heavy atom. The molecule has 2 fully saturated rings. The first-order valence-corrected chi connectivity index (χ1v) is 9.31. The lowest BCUT2D eigenvalue weighted by Gasteiger charge is -2.32. The van der Waals surface area contributed by atoms with Crippen LogP contribution in [0.25, 0.3) is 0 Å². The van der Waals surface area contributed by atoms with Crippen LogP contribution in [0.15, 0.2) is 18.2 Å². The van der Waals surface area contributed by atoms with Gasteiger partial charge in [-0.15, -0.1) is 0 Å². The molecule has 2 aliphatic rings. The van der Waals surface area contributed by atoms with E-state index >= 15 is 0 Å². The maximum Gasteiger partial charge on any atom is 0.123 e. The van der Waals surface area contributed by atoms with Crippen molar-refractivity contribution >= 4 is 11.6 Å². The van der Waals surface area contributed by atoms with Gasteiger partial charge in [-0.1, -0.05) is 11.6 Å². The Morgan fingerprint density at radius 3 is 2.65 bits per heavy atom. The van der Waals surface area contributed by atoms with Crippen LogP contribution in [0.5, 0.6) is 0 Å². The predicted molar refractivity (Wildman–Crippen MR) is 92.3 cm³/mol. The van der Waals surface area contributed by atoms with E-state index in [0.717, 1.165) is 50.2 Å². The molecule has 2 N–H and O–H groups in total. The molecule has 2 atom stereocenters. The molecule has 2 nitrogen and oxygen atoms in total. The second-order valence-electron chi connectivity index (χ2n) is 7.24. The normalized spacial score (nSPS) is 32.0. The summed E-state index contributed by atoms with van der Waals surface area (Å²) in [6.07, 6.45) is 9.34. The van der Waals surface area contributed by atoms with Crippen molar-refractivity contribution in [2.45, 2.75) is 69.4 Å². The van der Waals surface area contributed by atoms with Gasteiger partial charge in [-0.05, 0) is 87.0 Å². The van der Waals surface area contributed by atoms with E-state index in [1.165, 1.54) is 25.3 Å². The lowest BCUT2D eigenvalue weighted by atomic mass is 9.76. The molecule has 1 heterocycles. The maximum atomic E-state index is 13.5. The van der Waals surface area contributed by atoms with Gasteiger partial charge < -0.3 is 10.5 Å². The monoisotopic (exact) mass is 339 g/mol. The van der Waals surface area contributed by atoms with Gasteiger partial charge in [-0.25, -0.2) is 4.39 Å². The van der Waals surface area contributed by atoms with E-state index in [4.69, 9.17) is 22.1 Å². The van der Waals surface area contributed by atoms with E-state index in [0.29, 0.717) is 23.1 Å². The molecule has 1 saturated carbocycles. The lowest BCUT2D eigenvalue weighted by Crippen LogP contribution is -2.35. The summed E-state index contributed by atoms with van der Waals surface area (Å²) in [7, 11) is 0. The van der Waals surface area contributed by atoms with Gasteiger partial charge in [0.25, 0.3) is 0 Å². The summed E-state index contributed by atoms with van der Waals surface area (Å²) in [4.78, 5) is 0. The van der Waals surface area contributed by atoms with Crippen molar-refractivity contribution < 1.29 is 9.13 Å². The van der Waals surface area contributed by atoms with Gasteiger partial charge in [-0.2, -0.15) is 0 Å². The first-order valence-electron chi connectivity index (χ1n) is 8.94. The van der Waals surface area contributed by atoms with Crippen LogP contribution >= 0.6 is 11.6 Å². The molecule has 128 valence electrons. The number of hydrogen-bond acceptors (Lipinski definition) is 2. The zero-order valence-electron chi connectivity index (χ0n) is 13.6. The highest BCUT2D eigenvalue weighted by atomic mass is 35.5. The van der Waals surface area contributed by atoms with Crippen LogP contribution in [0.3, 0.4) is 0 Å². The van der Waals surface area contributed by atoms with Crippen LogP contribution in [0.1, 0.15) is 62.8 Å². The summed E-state index contributed by atoms with van der Waals surface area (Å²) in [5, 5.41) is 0.708. The summed E-state index contributed by atoms with van der Waals surface area (Å²) in [5.74, 6) is 0.992. The van der Waals surface area contributed by atoms with Crippen molar-refractivity contribution in [2.24, 2.45) is 11.7 Å². The fourth-order valence-corrected chi connectivity index (χ4v) is 4.39. The Labute approximate surface area is 143 Å². The standard InChI is InChI=1S/C19H27ClFNO/c20-19-8-6-15(21)11-18(19)14-4-1-13(2-5-14)3-7-17-12-16(22)9-10-23-17/h6,8,11,13-14,16-17H,1-5,7,9-10,12,22H2. The maximum absolute atomic E-state index is 13.5. The van der Waals surface area contributed by atoms with Gasteiger partial charge in [0.2, 0.25) is 0 Å². The molecule has 1 aromatic rings.